The molecule has 2 rings (SSSR count). The summed E-state index contributed by atoms with van der Waals surface area (Å²) in [6.07, 6.45) is 1.32. The fourth-order valence-corrected chi connectivity index (χ4v) is 2.86. The fraction of sp³-hybridized carbons (Fsp3) is 0.600. The van der Waals surface area contributed by atoms with Gasteiger partial charge >= 0.3 is 0 Å². The molecule has 0 radical (unpaired) electrons. The molecule has 6 heteroatoms. The zero-order chi connectivity index (χ0) is 15.4. The zero-order valence-corrected chi connectivity index (χ0v) is 12.8. The average Bonchev–Trinajstić information content (AvgIpc) is 2.49. The Morgan fingerprint density at radius 2 is 2.29 bits per heavy atom. The normalized spacial score (nSPS) is 23.0. The van der Waals surface area contributed by atoms with E-state index in [-0.39, 0.29) is 16.7 Å². The second-order valence-corrected chi connectivity index (χ2v) is 5.62. The van der Waals surface area contributed by atoms with Crippen LogP contribution in [0.25, 0.3) is 0 Å². The third-order valence-electron chi connectivity index (χ3n) is 4.24. The Kier molecular flexibility index (Phi) is 5.14. The molecule has 1 aliphatic rings. The summed E-state index contributed by atoms with van der Waals surface area (Å²) in [5, 5.41) is 14.0. The van der Waals surface area contributed by atoms with Crippen molar-refractivity contribution in [2.45, 2.75) is 26.0 Å². The summed E-state index contributed by atoms with van der Waals surface area (Å²) >= 11 is 0. The molecule has 0 amide bonds. The molecular weight excluding hydrogens is 270 g/mol. The molecule has 1 saturated heterocycles. The molecule has 0 saturated carbocycles. The van der Waals surface area contributed by atoms with Crippen LogP contribution in [0.3, 0.4) is 0 Å². The van der Waals surface area contributed by atoms with Crippen molar-refractivity contribution in [3.8, 4) is 0 Å². The number of rotatable bonds is 5. The number of nitrogens with one attached hydrogen (secondary N) is 1. The van der Waals surface area contributed by atoms with Gasteiger partial charge < -0.3 is 10.1 Å². The lowest BCUT2D eigenvalue weighted by atomic mass is 9.95. The Bertz CT molecular complexity index is 507. The van der Waals surface area contributed by atoms with E-state index in [1.54, 1.807) is 19.2 Å². The van der Waals surface area contributed by atoms with Gasteiger partial charge in [0.2, 0.25) is 0 Å². The number of benzene rings is 1. The van der Waals surface area contributed by atoms with Crippen LogP contribution >= 0.6 is 0 Å². The molecule has 0 aliphatic carbocycles. The highest BCUT2D eigenvalue weighted by atomic mass is 16.6. The number of methoxy groups -OCH3 is 1. The van der Waals surface area contributed by atoms with Gasteiger partial charge in [0.05, 0.1) is 11.0 Å². The van der Waals surface area contributed by atoms with Crippen LogP contribution in [0.2, 0.25) is 0 Å². The molecule has 2 atom stereocenters. The van der Waals surface area contributed by atoms with Gasteiger partial charge in [-0.1, -0.05) is 6.92 Å². The van der Waals surface area contributed by atoms with Crippen molar-refractivity contribution < 1.29 is 9.66 Å². The van der Waals surface area contributed by atoms with Gasteiger partial charge in [-0.15, -0.1) is 0 Å². The second-order valence-electron chi connectivity index (χ2n) is 5.62. The predicted octanol–water partition coefficient (Wildman–Crippen LogP) is 2.49. The number of non-ortho nitro benzene ring substituents is 1. The highest BCUT2D eigenvalue weighted by molar-refractivity contribution is 5.55. The topological polar surface area (TPSA) is 67.6 Å². The first-order valence-corrected chi connectivity index (χ1v) is 7.25. The van der Waals surface area contributed by atoms with Gasteiger partial charge in [-0.3, -0.25) is 15.0 Å². The maximum atomic E-state index is 10.9. The minimum absolute atomic E-state index is 0.137. The smallest absolute Gasteiger partial charge is 0.269 e. The first-order chi connectivity index (χ1) is 10.0. The van der Waals surface area contributed by atoms with Crippen molar-refractivity contribution in [1.29, 1.82) is 0 Å². The quantitative estimate of drug-likeness (QED) is 0.667. The standard InChI is InChI=1S/C15H23N3O3/c1-11-6-7-17(10-15(11)21-3)9-12-8-13(18(19)20)4-5-14(12)16-2/h4-5,8,11,15-16H,6-7,9-10H2,1-3H3. The fourth-order valence-electron chi connectivity index (χ4n) is 2.86. The number of ether oxygens (including phenoxy) is 1. The van der Waals surface area contributed by atoms with Crippen molar-refractivity contribution in [3.63, 3.8) is 0 Å². The van der Waals surface area contributed by atoms with Gasteiger partial charge in [-0.05, 0) is 30.5 Å². The third kappa shape index (κ3) is 3.71. The maximum Gasteiger partial charge on any atom is 0.269 e. The average molecular weight is 293 g/mol. The summed E-state index contributed by atoms with van der Waals surface area (Å²) in [6, 6.07) is 4.96. The highest BCUT2D eigenvalue weighted by Crippen LogP contribution is 2.26. The summed E-state index contributed by atoms with van der Waals surface area (Å²) in [5.41, 5.74) is 2.03. The zero-order valence-electron chi connectivity index (χ0n) is 12.8. The van der Waals surface area contributed by atoms with Crippen molar-refractivity contribution in [2.24, 2.45) is 5.92 Å². The van der Waals surface area contributed by atoms with E-state index in [1.807, 2.05) is 7.05 Å². The number of anilines is 1. The highest BCUT2D eigenvalue weighted by Gasteiger charge is 2.26. The van der Waals surface area contributed by atoms with Crippen LogP contribution in [0.5, 0.6) is 0 Å². The molecule has 2 unspecified atom stereocenters. The Morgan fingerprint density at radius 3 is 2.90 bits per heavy atom. The summed E-state index contributed by atoms with van der Waals surface area (Å²) in [7, 11) is 3.58. The van der Waals surface area contributed by atoms with E-state index >= 15 is 0 Å². The van der Waals surface area contributed by atoms with Crippen molar-refractivity contribution in [3.05, 3.63) is 33.9 Å². The van der Waals surface area contributed by atoms with Crippen LogP contribution in [0.4, 0.5) is 11.4 Å². The Morgan fingerprint density at radius 1 is 1.52 bits per heavy atom. The van der Waals surface area contributed by atoms with E-state index in [1.165, 1.54) is 6.07 Å². The van der Waals surface area contributed by atoms with Gasteiger partial charge in [0.15, 0.2) is 0 Å². The molecule has 1 N–H and O–H groups in total. The molecule has 1 aromatic rings. The number of piperidine rings is 1. The molecular formula is C15H23N3O3. The number of likely N-dealkylation sites (tertiary alicyclic amines) is 1. The third-order valence-corrected chi connectivity index (χ3v) is 4.24. The van der Waals surface area contributed by atoms with Gasteiger partial charge in [0.25, 0.3) is 5.69 Å². The van der Waals surface area contributed by atoms with Gasteiger partial charge in [-0.25, -0.2) is 0 Å². The minimum atomic E-state index is -0.348. The lowest BCUT2D eigenvalue weighted by Gasteiger charge is -2.36. The largest absolute Gasteiger partial charge is 0.388 e. The molecule has 1 heterocycles. The van der Waals surface area contributed by atoms with Crippen LogP contribution in [0.1, 0.15) is 18.9 Å². The SMILES string of the molecule is CNc1ccc([N+](=O)[O-])cc1CN1CCC(C)C(OC)C1. The van der Waals surface area contributed by atoms with Crippen LogP contribution in [0.15, 0.2) is 18.2 Å². The van der Waals surface area contributed by atoms with E-state index in [2.05, 4.69) is 17.1 Å². The first kappa shape index (κ1) is 15.7. The Balaban J connectivity index is 2.14. The number of hydrogen-bond acceptors (Lipinski definition) is 5. The summed E-state index contributed by atoms with van der Waals surface area (Å²) < 4.78 is 5.52. The number of nitrogens with zero attached hydrogens (tertiary/aromatic N) is 2. The molecule has 116 valence electrons. The van der Waals surface area contributed by atoms with Crippen molar-refractivity contribution in [1.82, 2.24) is 4.90 Å². The number of nitro benzene ring substituents is 1. The predicted molar refractivity (Wildman–Crippen MR) is 82.5 cm³/mol. The van der Waals surface area contributed by atoms with E-state index in [9.17, 15) is 10.1 Å². The minimum Gasteiger partial charge on any atom is -0.388 e. The number of hydrogen-bond donors (Lipinski definition) is 1. The van der Waals surface area contributed by atoms with E-state index in [4.69, 9.17) is 4.74 Å². The van der Waals surface area contributed by atoms with E-state index in [0.717, 1.165) is 30.8 Å². The molecule has 6 nitrogen and oxygen atoms in total. The summed E-state index contributed by atoms with van der Waals surface area (Å²) in [4.78, 5) is 12.9. The van der Waals surface area contributed by atoms with Crippen LogP contribution < -0.4 is 5.32 Å². The molecule has 0 bridgehead atoms. The monoisotopic (exact) mass is 293 g/mol. The Hall–Kier alpha value is -1.66. The molecule has 0 aromatic heterocycles. The first-order valence-electron chi connectivity index (χ1n) is 7.25. The second kappa shape index (κ2) is 6.87. The number of nitro groups is 1. The molecule has 1 aliphatic heterocycles. The van der Waals surface area contributed by atoms with Crippen LogP contribution in [0, 0.1) is 16.0 Å². The van der Waals surface area contributed by atoms with Crippen LogP contribution in [-0.4, -0.2) is 43.2 Å². The van der Waals surface area contributed by atoms with E-state index < -0.39 is 0 Å². The maximum absolute atomic E-state index is 10.9. The summed E-state index contributed by atoms with van der Waals surface area (Å²) in [6.45, 7) is 4.76. The molecule has 21 heavy (non-hydrogen) atoms. The summed E-state index contributed by atoms with van der Waals surface area (Å²) in [5.74, 6) is 0.556. The molecule has 1 fully saturated rings. The van der Waals surface area contributed by atoms with Crippen LogP contribution in [-0.2, 0) is 11.3 Å². The van der Waals surface area contributed by atoms with Gasteiger partial charge in [0.1, 0.15) is 0 Å². The van der Waals surface area contributed by atoms with Gasteiger partial charge in [-0.2, -0.15) is 0 Å². The van der Waals surface area contributed by atoms with Gasteiger partial charge in [0, 0.05) is 45.1 Å². The molecule has 1 aromatic carbocycles. The van der Waals surface area contributed by atoms with E-state index in [0.29, 0.717) is 12.5 Å². The lowest BCUT2D eigenvalue weighted by molar-refractivity contribution is -0.384. The lowest BCUT2D eigenvalue weighted by Crippen LogP contribution is -2.43. The Labute approximate surface area is 125 Å². The van der Waals surface area contributed by atoms with Crippen molar-refractivity contribution in [2.75, 3.05) is 32.6 Å². The van der Waals surface area contributed by atoms with Crippen molar-refractivity contribution >= 4 is 11.4 Å². The molecule has 0 spiro atoms.